The molecule has 1 amide bonds. The summed E-state index contributed by atoms with van der Waals surface area (Å²) in [5.41, 5.74) is -0.244. The van der Waals surface area contributed by atoms with Crippen LogP contribution in [-0.4, -0.2) is 42.9 Å². The summed E-state index contributed by atoms with van der Waals surface area (Å²) in [4.78, 5) is 21.7. The largest absolute Gasteiger partial charge is 0.483 e. The van der Waals surface area contributed by atoms with Crippen LogP contribution in [0.5, 0.6) is 5.75 Å². The van der Waals surface area contributed by atoms with Gasteiger partial charge in [-0.25, -0.2) is 18.2 Å². The number of imidazole rings is 1. The van der Waals surface area contributed by atoms with Crippen molar-refractivity contribution in [1.29, 1.82) is 0 Å². The fraction of sp³-hybridized carbons (Fsp3) is 0.423. The van der Waals surface area contributed by atoms with Gasteiger partial charge < -0.3 is 15.2 Å². The van der Waals surface area contributed by atoms with Crippen molar-refractivity contribution in [1.82, 2.24) is 19.7 Å². The van der Waals surface area contributed by atoms with Gasteiger partial charge in [0.25, 0.3) is 11.8 Å². The van der Waals surface area contributed by atoms with Crippen molar-refractivity contribution in [3.63, 3.8) is 0 Å². The molecule has 0 radical (unpaired) electrons. The summed E-state index contributed by atoms with van der Waals surface area (Å²) in [7, 11) is 0. The number of fused-ring (bicyclic) bond motifs is 1. The molecule has 0 aliphatic heterocycles. The van der Waals surface area contributed by atoms with E-state index in [2.05, 4.69) is 15.3 Å². The lowest BCUT2D eigenvalue weighted by atomic mass is 9.93. The van der Waals surface area contributed by atoms with Crippen LogP contribution in [0.4, 0.5) is 13.2 Å². The fourth-order valence-corrected chi connectivity index (χ4v) is 3.91. The van der Waals surface area contributed by atoms with Gasteiger partial charge in [0.15, 0.2) is 11.4 Å². The number of amides is 1. The molecule has 1 unspecified atom stereocenters. The van der Waals surface area contributed by atoms with Gasteiger partial charge in [-0.3, -0.25) is 14.2 Å². The topological polar surface area (TPSA) is 88.8 Å². The number of aliphatic hydroxyl groups is 1. The van der Waals surface area contributed by atoms with E-state index in [1.165, 1.54) is 49.6 Å². The highest BCUT2D eigenvalue weighted by atomic mass is 19.3. The molecular weight excluding hydrogens is 473 g/mol. The van der Waals surface area contributed by atoms with Gasteiger partial charge in [0.2, 0.25) is 0 Å². The first-order valence-corrected chi connectivity index (χ1v) is 11.7. The minimum Gasteiger partial charge on any atom is -0.483 e. The van der Waals surface area contributed by atoms with Crippen LogP contribution >= 0.6 is 0 Å². The smallest absolute Gasteiger partial charge is 0.270 e. The maximum atomic E-state index is 13.9. The van der Waals surface area contributed by atoms with E-state index in [-0.39, 0.29) is 30.8 Å². The summed E-state index contributed by atoms with van der Waals surface area (Å²) in [5.74, 6) is -3.63. The van der Waals surface area contributed by atoms with Crippen LogP contribution < -0.4 is 10.1 Å². The van der Waals surface area contributed by atoms with Gasteiger partial charge in [-0.05, 0) is 70.9 Å². The molecular formula is C26H31F3N4O3. The number of hydrogen-bond acceptors (Lipinski definition) is 5. The Labute approximate surface area is 208 Å². The van der Waals surface area contributed by atoms with E-state index in [1.807, 2.05) is 0 Å². The Bertz CT molecular complexity index is 1230. The summed E-state index contributed by atoms with van der Waals surface area (Å²) in [6.45, 7) is 6.09. The lowest BCUT2D eigenvalue weighted by Gasteiger charge is -2.30. The fourth-order valence-electron chi connectivity index (χ4n) is 3.91. The molecule has 0 bridgehead atoms. The quantitative estimate of drug-likeness (QED) is 0.359. The molecule has 3 heterocycles. The molecule has 7 nitrogen and oxygen atoms in total. The van der Waals surface area contributed by atoms with E-state index < -0.39 is 35.7 Å². The van der Waals surface area contributed by atoms with Crippen LogP contribution in [0.2, 0.25) is 0 Å². The summed E-state index contributed by atoms with van der Waals surface area (Å²) in [6, 6.07) is 5.30. The van der Waals surface area contributed by atoms with Gasteiger partial charge >= 0.3 is 0 Å². The van der Waals surface area contributed by atoms with Crippen LogP contribution in [-0.2, 0) is 6.61 Å². The second-order valence-electron chi connectivity index (χ2n) is 9.17. The van der Waals surface area contributed by atoms with Gasteiger partial charge in [-0.1, -0.05) is 6.08 Å². The number of pyridine rings is 2. The van der Waals surface area contributed by atoms with Gasteiger partial charge in [-0.2, -0.15) is 0 Å². The Morgan fingerprint density at radius 3 is 2.72 bits per heavy atom. The molecule has 0 saturated carbocycles. The summed E-state index contributed by atoms with van der Waals surface area (Å²) in [6.07, 6.45) is 5.09. The number of halogens is 3. The first-order valence-electron chi connectivity index (χ1n) is 11.7. The number of carbonyl (C=O) groups is 1. The molecule has 0 aromatic carbocycles. The van der Waals surface area contributed by atoms with Crippen molar-refractivity contribution < 1.29 is 27.8 Å². The van der Waals surface area contributed by atoms with Crippen molar-refractivity contribution in [3.05, 3.63) is 71.7 Å². The molecule has 0 aliphatic rings. The Hall–Kier alpha value is -3.40. The van der Waals surface area contributed by atoms with E-state index in [4.69, 9.17) is 4.74 Å². The Morgan fingerprint density at radius 1 is 1.31 bits per heavy atom. The number of hydrogen-bond donors (Lipinski definition) is 2. The summed E-state index contributed by atoms with van der Waals surface area (Å²) >= 11 is 0. The van der Waals surface area contributed by atoms with Crippen LogP contribution in [0, 0.1) is 12.7 Å². The van der Waals surface area contributed by atoms with Gasteiger partial charge in [0, 0.05) is 18.8 Å². The monoisotopic (exact) mass is 504 g/mol. The van der Waals surface area contributed by atoms with Crippen LogP contribution in [0.15, 0.2) is 48.8 Å². The van der Waals surface area contributed by atoms with Gasteiger partial charge in [-0.15, -0.1) is 0 Å². The zero-order valence-corrected chi connectivity index (χ0v) is 20.8. The Balaban J connectivity index is 1.79. The average molecular weight is 505 g/mol. The molecule has 1 atom stereocenters. The highest BCUT2D eigenvalue weighted by Gasteiger charge is 2.32. The molecule has 36 heavy (non-hydrogen) atoms. The predicted octanol–water partition coefficient (Wildman–Crippen LogP) is 5.01. The molecule has 0 fully saturated rings. The summed E-state index contributed by atoms with van der Waals surface area (Å²) < 4.78 is 48.8. The standard InChI is InChI=1S/C26H31F3N4O3/c1-5-12-26(28,29)13-6-11-21(25(3,4)35)32-24(34)22-17(2)31-23-20(10-8-15-33(22)23)36-16-19-18(27)9-7-14-30-19/h5,7-10,12,14-15,21,35H,6,11,13,16H2,1-4H3,(H,32,34). The third kappa shape index (κ3) is 6.63. The summed E-state index contributed by atoms with van der Waals surface area (Å²) in [5, 5.41) is 13.4. The second kappa shape index (κ2) is 11.1. The van der Waals surface area contributed by atoms with Crippen LogP contribution in [0.25, 0.3) is 5.65 Å². The normalized spacial score (nSPS) is 13.3. The number of rotatable bonds is 11. The molecule has 0 spiro atoms. The average Bonchev–Trinajstić information content (AvgIpc) is 3.13. The lowest BCUT2D eigenvalue weighted by Crippen LogP contribution is -2.49. The Morgan fingerprint density at radius 2 is 2.06 bits per heavy atom. The number of nitrogens with one attached hydrogen (secondary N) is 1. The van der Waals surface area contributed by atoms with Gasteiger partial charge in [0.1, 0.15) is 23.8 Å². The molecule has 2 N–H and O–H groups in total. The number of aryl methyl sites for hydroxylation is 1. The Kier molecular flexibility index (Phi) is 8.39. The van der Waals surface area contributed by atoms with E-state index >= 15 is 0 Å². The number of carbonyl (C=O) groups excluding carboxylic acids is 1. The molecule has 0 saturated heterocycles. The van der Waals surface area contributed by atoms with Crippen molar-refractivity contribution in [2.24, 2.45) is 0 Å². The second-order valence-corrected chi connectivity index (χ2v) is 9.17. The van der Waals surface area contributed by atoms with Gasteiger partial charge in [0.05, 0.1) is 17.3 Å². The SMILES string of the molecule is CC=CC(F)(F)CCCC(NC(=O)c1c(C)nc2c(OCc3ncccc3F)cccn12)C(C)(C)O. The van der Waals surface area contributed by atoms with Crippen molar-refractivity contribution in [2.45, 2.75) is 71.1 Å². The van der Waals surface area contributed by atoms with Crippen LogP contribution in [0.1, 0.15) is 61.9 Å². The zero-order chi connectivity index (χ0) is 26.5. The molecule has 0 aliphatic carbocycles. The number of allylic oxidation sites excluding steroid dienone is 2. The zero-order valence-electron chi connectivity index (χ0n) is 20.8. The highest BCUT2D eigenvalue weighted by Crippen LogP contribution is 2.26. The third-order valence-electron chi connectivity index (χ3n) is 5.77. The van der Waals surface area contributed by atoms with Crippen LogP contribution in [0.3, 0.4) is 0 Å². The third-order valence-corrected chi connectivity index (χ3v) is 5.77. The minimum absolute atomic E-state index is 0.0977. The van der Waals surface area contributed by atoms with Crippen molar-refractivity contribution in [3.8, 4) is 5.75 Å². The van der Waals surface area contributed by atoms with E-state index in [0.29, 0.717) is 17.1 Å². The maximum absolute atomic E-state index is 13.9. The molecule has 10 heteroatoms. The van der Waals surface area contributed by atoms with Crippen molar-refractivity contribution >= 4 is 11.6 Å². The predicted molar refractivity (Wildman–Crippen MR) is 130 cm³/mol. The molecule has 3 aromatic rings. The minimum atomic E-state index is -2.95. The molecule has 3 rings (SSSR count). The lowest BCUT2D eigenvalue weighted by molar-refractivity contribution is 0.0195. The highest BCUT2D eigenvalue weighted by molar-refractivity contribution is 5.95. The van der Waals surface area contributed by atoms with E-state index in [9.17, 15) is 23.1 Å². The number of nitrogens with zero attached hydrogens (tertiary/aromatic N) is 3. The number of alkyl halides is 2. The number of aromatic nitrogens is 3. The first-order chi connectivity index (χ1) is 16.9. The van der Waals surface area contributed by atoms with E-state index in [0.717, 1.165) is 6.08 Å². The molecule has 194 valence electrons. The number of ether oxygens (including phenoxy) is 1. The molecule has 3 aromatic heterocycles. The first kappa shape index (κ1) is 27.2. The van der Waals surface area contributed by atoms with E-state index in [1.54, 1.807) is 25.3 Å². The maximum Gasteiger partial charge on any atom is 0.270 e. The van der Waals surface area contributed by atoms with Crippen molar-refractivity contribution in [2.75, 3.05) is 0 Å².